The smallest absolute Gasteiger partial charge is 0.354 e. The third-order valence-corrected chi connectivity index (χ3v) is 6.89. The highest BCUT2D eigenvalue weighted by atomic mass is 16.4. The standard InChI is InChI=1S/C28H36N8O4/c1-5-13-34-22-12-11-19(25(29)37)16-21(22)30-28(34)31-26(38)23-15-17(3)32-36(23)14-9-7-8-10-20-18(4)33-35(6-2)24(20)27(39)40/h11-12,15-16H,5-10,13-14H2,1-4H3,(H2,29,37)(H,39,40)(H,30,31,38). The molecule has 0 aliphatic carbocycles. The number of nitrogens with one attached hydrogen (secondary N) is 1. The molecule has 4 rings (SSSR count). The number of carboxylic acids is 1. The first-order chi connectivity index (χ1) is 19.1. The van der Waals surface area contributed by atoms with E-state index in [9.17, 15) is 19.5 Å². The number of aromatic nitrogens is 6. The Kier molecular flexibility index (Phi) is 8.66. The molecule has 4 N–H and O–H groups in total. The molecule has 0 atom stereocenters. The number of anilines is 1. The number of carbonyl (C=O) groups is 3. The molecule has 12 nitrogen and oxygen atoms in total. The highest BCUT2D eigenvalue weighted by molar-refractivity contribution is 6.03. The number of unbranched alkanes of at least 4 members (excludes halogenated alkanes) is 2. The van der Waals surface area contributed by atoms with Gasteiger partial charge in [-0.05, 0) is 70.7 Å². The fraction of sp³-hybridized carbons (Fsp3) is 0.429. The first-order valence-corrected chi connectivity index (χ1v) is 13.6. The van der Waals surface area contributed by atoms with Crippen molar-refractivity contribution in [2.24, 2.45) is 5.73 Å². The van der Waals surface area contributed by atoms with Crippen molar-refractivity contribution < 1.29 is 19.5 Å². The number of aryl methyl sites for hydroxylation is 5. The number of hydrogen-bond acceptors (Lipinski definition) is 6. The molecule has 0 aliphatic rings. The molecule has 0 bridgehead atoms. The maximum Gasteiger partial charge on any atom is 0.354 e. The Morgan fingerprint density at radius 3 is 2.45 bits per heavy atom. The zero-order valence-corrected chi connectivity index (χ0v) is 23.4. The van der Waals surface area contributed by atoms with Crippen LogP contribution in [0.15, 0.2) is 24.3 Å². The van der Waals surface area contributed by atoms with Crippen LogP contribution in [0.5, 0.6) is 0 Å². The van der Waals surface area contributed by atoms with Crippen LogP contribution >= 0.6 is 0 Å². The van der Waals surface area contributed by atoms with Crippen molar-refractivity contribution in [3.63, 3.8) is 0 Å². The third-order valence-electron chi connectivity index (χ3n) is 6.89. The van der Waals surface area contributed by atoms with Gasteiger partial charge in [-0.1, -0.05) is 13.3 Å². The fourth-order valence-corrected chi connectivity index (χ4v) is 5.02. The van der Waals surface area contributed by atoms with Crippen molar-refractivity contribution in [3.8, 4) is 0 Å². The van der Waals surface area contributed by atoms with Crippen LogP contribution in [0, 0.1) is 13.8 Å². The summed E-state index contributed by atoms with van der Waals surface area (Å²) in [6.45, 7) is 9.29. The number of amides is 2. The van der Waals surface area contributed by atoms with Crippen LogP contribution in [0.25, 0.3) is 11.0 Å². The predicted molar refractivity (Wildman–Crippen MR) is 151 cm³/mol. The maximum absolute atomic E-state index is 13.3. The molecule has 4 aromatic rings. The summed E-state index contributed by atoms with van der Waals surface area (Å²) in [5.74, 6) is -1.42. The van der Waals surface area contributed by atoms with Crippen molar-refractivity contribution in [1.29, 1.82) is 0 Å². The average Bonchev–Trinajstić information content (AvgIpc) is 3.56. The van der Waals surface area contributed by atoms with Gasteiger partial charge in [-0.25, -0.2) is 9.78 Å². The Balaban J connectivity index is 1.43. The molecule has 2 amide bonds. The summed E-state index contributed by atoms with van der Waals surface area (Å²) in [5, 5.41) is 21.4. The van der Waals surface area contributed by atoms with Gasteiger partial charge in [0.05, 0.1) is 22.4 Å². The van der Waals surface area contributed by atoms with E-state index in [2.05, 4.69) is 20.5 Å². The van der Waals surface area contributed by atoms with Gasteiger partial charge in [-0.3, -0.25) is 24.3 Å². The van der Waals surface area contributed by atoms with E-state index in [1.165, 1.54) is 4.68 Å². The first kappa shape index (κ1) is 28.5. The second-order valence-corrected chi connectivity index (χ2v) is 9.85. The van der Waals surface area contributed by atoms with Crippen LogP contribution in [-0.2, 0) is 26.1 Å². The van der Waals surface area contributed by atoms with Crippen LogP contribution in [-0.4, -0.2) is 52.0 Å². The van der Waals surface area contributed by atoms with Gasteiger partial charge in [0, 0.05) is 30.8 Å². The molecule has 0 fully saturated rings. The third kappa shape index (κ3) is 5.90. The van der Waals surface area contributed by atoms with Gasteiger partial charge in [0.25, 0.3) is 5.91 Å². The lowest BCUT2D eigenvalue weighted by Gasteiger charge is -2.10. The molecule has 0 aliphatic heterocycles. The summed E-state index contributed by atoms with van der Waals surface area (Å²) in [5.41, 5.74) is 10.1. The number of aromatic carboxylic acids is 1. The number of primary amides is 1. The number of rotatable bonds is 13. The fourth-order valence-electron chi connectivity index (χ4n) is 5.02. The number of fused-ring (bicyclic) bond motifs is 1. The molecule has 0 saturated carbocycles. The lowest BCUT2D eigenvalue weighted by Crippen LogP contribution is -2.20. The molecule has 3 heterocycles. The lowest BCUT2D eigenvalue weighted by atomic mass is 10.0. The number of imidazole rings is 1. The van der Waals surface area contributed by atoms with E-state index in [1.54, 1.807) is 28.9 Å². The number of nitrogens with zero attached hydrogens (tertiary/aromatic N) is 6. The average molecular weight is 549 g/mol. The lowest BCUT2D eigenvalue weighted by molar-refractivity contribution is 0.0681. The van der Waals surface area contributed by atoms with E-state index in [0.717, 1.165) is 48.2 Å². The monoisotopic (exact) mass is 548 g/mol. The molecule has 0 radical (unpaired) electrons. The largest absolute Gasteiger partial charge is 0.477 e. The van der Waals surface area contributed by atoms with E-state index in [1.807, 2.05) is 32.3 Å². The summed E-state index contributed by atoms with van der Waals surface area (Å²) in [6, 6.07) is 6.81. The van der Waals surface area contributed by atoms with Crippen LogP contribution in [0.1, 0.15) is 87.8 Å². The van der Waals surface area contributed by atoms with E-state index < -0.39 is 11.9 Å². The van der Waals surface area contributed by atoms with Gasteiger partial charge in [-0.2, -0.15) is 10.2 Å². The van der Waals surface area contributed by atoms with E-state index >= 15 is 0 Å². The summed E-state index contributed by atoms with van der Waals surface area (Å²) in [4.78, 5) is 41.3. The van der Waals surface area contributed by atoms with Crippen molar-refractivity contribution >= 4 is 34.8 Å². The molecule has 12 heteroatoms. The van der Waals surface area contributed by atoms with Gasteiger partial charge < -0.3 is 15.4 Å². The highest BCUT2D eigenvalue weighted by Crippen LogP contribution is 2.23. The molecule has 212 valence electrons. The van der Waals surface area contributed by atoms with E-state index in [0.29, 0.717) is 48.8 Å². The van der Waals surface area contributed by atoms with Gasteiger partial charge in [0.2, 0.25) is 11.9 Å². The van der Waals surface area contributed by atoms with E-state index in [4.69, 9.17) is 5.73 Å². The quantitative estimate of drug-likeness (QED) is 0.213. The first-order valence-electron chi connectivity index (χ1n) is 13.6. The van der Waals surface area contributed by atoms with Crippen LogP contribution in [0.2, 0.25) is 0 Å². The molecule has 3 aromatic heterocycles. The number of hydrogen-bond donors (Lipinski definition) is 3. The summed E-state index contributed by atoms with van der Waals surface area (Å²) < 4.78 is 5.15. The Hall–Kier alpha value is -4.48. The second kappa shape index (κ2) is 12.1. The van der Waals surface area contributed by atoms with Gasteiger partial charge >= 0.3 is 5.97 Å². The predicted octanol–water partition coefficient (Wildman–Crippen LogP) is 3.94. The second-order valence-electron chi connectivity index (χ2n) is 9.85. The topological polar surface area (TPSA) is 163 Å². The molecular formula is C28H36N8O4. The van der Waals surface area contributed by atoms with Gasteiger partial charge in [0.15, 0.2) is 0 Å². The van der Waals surface area contributed by atoms with Crippen LogP contribution in [0.4, 0.5) is 5.95 Å². The van der Waals surface area contributed by atoms with Crippen LogP contribution in [0.3, 0.4) is 0 Å². The Bertz CT molecular complexity index is 1560. The Labute approximate surface area is 232 Å². The Morgan fingerprint density at radius 2 is 1.77 bits per heavy atom. The SMILES string of the molecule is CCCn1c(NC(=O)c2cc(C)nn2CCCCCc2c(C)nn(CC)c2C(=O)O)nc2cc(C(N)=O)ccc21. The Morgan fingerprint density at radius 1 is 1.00 bits per heavy atom. The minimum Gasteiger partial charge on any atom is -0.477 e. The zero-order chi connectivity index (χ0) is 29.0. The molecule has 0 spiro atoms. The van der Waals surface area contributed by atoms with Gasteiger partial charge in [-0.15, -0.1) is 0 Å². The van der Waals surface area contributed by atoms with Crippen molar-refractivity contribution in [2.75, 3.05) is 5.32 Å². The van der Waals surface area contributed by atoms with Crippen LogP contribution < -0.4 is 11.1 Å². The number of benzene rings is 1. The minimum atomic E-state index is -0.958. The van der Waals surface area contributed by atoms with Crippen molar-refractivity contribution in [1.82, 2.24) is 29.1 Å². The highest BCUT2D eigenvalue weighted by Gasteiger charge is 2.21. The van der Waals surface area contributed by atoms with Crippen molar-refractivity contribution in [2.45, 2.75) is 79.4 Å². The zero-order valence-electron chi connectivity index (χ0n) is 23.4. The van der Waals surface area contributed by atoms with Gasteiger partial charge in [0.1, 0.15) is 11.4 Å². The molecule has 40 heavy (non-hydrogen) atoms. The normalized spacial score (nSPS) is 11.3. The minimum absolute atomic E-state index is 0.265. The number of carbonyl (C=O) groups excluding carboxylic acids is 2. The van der Waals surface area contributed by atoms with Crippen molar-refractivity contribution in [3.05, 3.63) is 58.2 Å². The molecule has 1 aromatic carbocycles. The molecular weight excluding hydrogens is 512 g/mol. The molecule has 0 unspecified atom stereocenters. The molecule has 0 saturated heterocycles. The number of carboxylic acid groups (broad SMARTS) is 1. The van der Waals surface area contributed by atoms with E-state index in [-0.39, 0.29) is 11.6 Å². The summed E-state index contributed by atoms with van der Waals surface area (Å²) in [7, 11) is 0. The number of nitrogens with two attached hydrogens (primary N) is 1. The summed E-state index contributed by atoms with van der Waals surface area (Å²) in [6.07, 6.45) is 3.87. The maximum atomic E-state index is 13.3. The summed E-state index contributed by atoms with van der Waals surface area (Å²) >= 11 is 0.